The fraction of sp³-hybridized carbons (Fsp3) is 0.778. The standard InChI is InChI=1S/C9H16O/c1-7-4-8(10)6-9(2,3)5-7/h4,8,10H,5-6H2,1-3H3/t8-/m0/s1. The van der Waals surface area contributed by atoms with E-state index in [1.807, 2.05) is 6.08 Å². The van der Waals surface area contributed by atoms with Crippen molar-refractivity contribution in [2.45, 2.75) is 39.7 Å². The maximum absolute atomic E-state index is 9.34. The Balaban J connectivity index is 2.70. The molecule has 1 rings (SSSR count). The molecule has 0 amide bonds. The molecule has 10 heavy (non-hydrogen) atoms. The van der Waals surface area contributed by atoms with E-state index in [0.717, 1.165) is 12.8 Å². The Morgan fingerprint density at radius 2 is 2.20 bits per heavy atom. The summed E-state index contributed by atoms with van der Waals surface area (Å²) in [6.07, 6.45) is 3.79. The molecule has 1 nitrogen and oxygen atoms in total. The highest BCUT2D eigenvalue weighted by molar-refractivity contribution is 5.09. The molecule has 0 spiro atoms. The highest BCUT2D eigenvalue weighted by Crippen LogP contribution is 2.34. The van der Waals surface area contributed by atoms with E-state index < -0.39 is 0 Å². The molecule has 1 aliphatic carbocycles. The minimum atomic E-state index is -0.205. The molecular weight excluding hydrogens is 124 g/mol. The maximum atomic E-state index is 9.34. The first kappa shape index (κ1) is 7.80. The number of allylic oxidation sites excluding steroid dienone is 1. The third-order valence-electron chi connectivity index (χ3n) is 2.00. The number of aliphatic hydroxyl groups is 1. The molecular formula is C9H16O. The molecule has 0 saturated carbocycles. The van der Waals surface area contributed by atoms with Gasteiger partial charge in [0.05, 0.1) is 6.10 Å². The molecule has 1 N–H and O–H groups in total. The van der Waals surface area contributed by atoms with Crippen molar-refractivity contribution in [3.8, 4) is 0 Å². The SMILES string of the molecule is CC1=C[C@H](O)CC(C)(C)C1. The monoisotopic (exact) mass is 140 g/mol. The van der Waals surface area contributed by atoms with E-state index in [-0.39, 0.29) is 6.10 Å². The van der Waals surface area contributed by atoms with Crippen molar-refractivity contribution < 1.29 is 5.11 Å². The van der Waals surface area contributed by atoms with Gasteiger partial charge in [0, 0.05) is 0 Å². The molecule has 58 valence electrons. The van der Waals surface area contributed by atoms with Crippen LogP contribution in [0.5, 0.6) is 0 Å². The van der Waals surface area contributed by atoms with Crippen LogP contribution in [0, 0.1) is 5.41 Å². The van der Waals surface area contributed by atoms with Crippen LogP contribution in [0.15, 0.2) is 11.6 Å². The van der Waals surface area contributed by atoms with Crippen LogP contribution in [-0.4, -0.2) is 11.2 Å². The quantitative estimate of drug-likeness (QED) is 0.511. The van der Waals surface area contributed by atoms with Crippen LogP contribution in [0.3, 0.4) is 0 Å². The van der Waals surface area contributed by atoms with E-state index >= 15 is 0 Å². The Morgan fingerprint density at radius 3 is 2.60 bits per heavy atom. The lowest BCUT2D eigenvalue weighted by Crippen LogP contribution is -2.24. The van der Waals surface area contributed by atoms with Gasteiger partial charge in [-0.3, -0.25) is 0 Å². The van der Waals surface area contributed by atoms with Gasteiger partial charge in [-0.2, -0.15) is 0 Å². The van der Waals surface area contributed by atoms with Crippen molar-refractivity contribution in [3.63, 3.8) is 0 Å². The molecule has 0 aromatic carbocycles. The average Bonchev–Trinajstić information content (AvgIpc) is 1.54. The van der Waals surface area contributed by atoms with Gasteiger partial charge in [-0.25, -0.2) is 0 Å². The molecule has 0 fully saturated rings. The van der Waals surface area contributed by atoms with Crippen LogP contribution < -0.4 is 0 Å². The zero-order chi connectivity index (χ0) is 7.78. The van der Waals surface area contributed by atoms with Gasteiger partial charge in [0.2, 0.25) is 0 Å². The van der Waals surface area contributed by atoms with Gasteiger partial charge < -0.3 is 5.11 Å². The molecule has 1 atom stereocenters. The second-order valence-electron chi connectivity index (χ2n) is 4.13. The van der Waals surface area contributed by atoms with Crippen molar-refractivity contribution >= 4 is 0 Å². The van der Waals surface area contributed by atoms with E-state index in [9.17, 15) is 5.11 Å². The molecule has 0 radical (unpaired) electrons. The predicted octanol–water partition coefficient (Wildman–Crippen LogP) is 2.11. The van der Waals surface area contributed by atoms with Gasteiger partial charge in [0.25, 0.3) is 0 Å². The Morgan fingerprint density at radius 1 is 1.60 bits per heavy atom. The number of hydrogen-bond donors (Lipinski definition) is 1. The Labute approximate surface area is 62.8 Å². The third kappa shape index (κ3) is 1.84. The summed E-state index contributed by atoms with van der Waals surface area (Å²) >= 11 is 0. The number of aliphatic hydroxyl groups excluding tert-OH is 1. The summed E-state index contributed by atoms with van der Waals surface area (Å²) in [4.78, 5) is 0. The minimum Gasteiger partial charge on any atom is -0.389 e. The van der Waals surface area contributed by atoms with E-state index in [2.05, 4.69) is 20.8 Å². The fourth-order valence-electron chi connectivity index (χ4n) is 1.84. The van der Waals surface area contributed by atoms with Gasteiger partial charge in [-0.05, 0) is 25.2 Å². The smallest absolute Gasteiger partial charge is 0.0728 e. The number of hydrogen-bond acceptors (Lipinski definition) is 1. The lowest BCUT2D eigenvalue weighted by Gasteiger charge is -2.31. The summed E-state index contributed by atoms with van der Waals surface area (Å²) < 4.78 is 0. The lowest BCUT2D eigenvalue weighted by molar-refractivity contribution is 0.139. The first-order valence-corrected chi connectivity index (χ1v) is 3.85. The van der Waals surface area contributed by atoms with Crippen LogP contribution in [0.2, 0.25) is 0 Å². The Kier molecular flexibility index (Phi) is 1.86. The van der Waals surface area contributed by atoms with Crippen molar-refractivity contribution in [2.24, 2.45) is 5.41 Å². The highest BCUT2D eigenvalue weighted by atomic mass is 16.3. The normalized spacial score (nSPS) is 31.6. The lowest BCUT2D eigenvalue weighted by atomic mass is 9.77. The molecule has 0 bridgehead atoms. The van der Waals surface area contributed by atoms with Crippen LogP contribution in [0.25, 0.3) is 0 Å². The molecule has 1 heteroatoms. The minimum absolute atomic E-state index is 0.205. The van der Waals surface area contributed by atoms with Crippen molar-refractivity contribution in [3.05, 3.63) is 11.6 Å². The molecule has 0 aromatic rings. The van der Waals surface area contributed by atoms with Gasteiger partial charge in [-0.1, -0.05) is 25.5 Å². The molecule has 0 aromatic heterocycles. The summed E-state index contributed by atoms with van der Waals surface area (Å²) in [6.45, 7) is 6.49. The van der Waals surface area contributed by atoms with Crippen molar-refractivity contribution in [1.29, 1.82) is 0 Å². The zero-order valence-electron chi connectivity index (χ0n) is 7.02. The zero-order valence-corrected chi connectivity index (χ0v) is 7.02. The first-order valence-electron chi connectivity index (χ1n) is 3.85. The molecule has 0 unspecified atom stereocenters. The van der Waals surface area contributed by atoms with Gasteiger partial charge in [0.1, 0.15) is 0 Å². The second-order valence-corrected chi connectivity index (χ2v) is 4.13. The van der Waals surface area contributed by atoms with Gasteiger partial charge in [-0.15, -0.1) is 0 Å². The maximum Gasteiger partial charge on any atom is 0.0728 e. The summed E-state index contributed by atoms with van der Waals surface area (Å²) in [6, 6.07) is 0. The van der Waals surface area contributed by atoms with E-state index in [1.165, 1.54) is 5.57 Å². The van der Waals surface area contributed by atoms with Gasteiger partial charge >= 0.3 is 0 Å². The van der Waals surface area contributed by atoms with Crippen molar-refractivity contribution in [2.75, 3.05) is 0 Å². The molecule has 0 aliphatic heterocycles. The second kappa shape index (κ2) is 2.39. The molecule has 0 saturated heterocycles. The molecule has 1 aliphatic rings. The fourth-order valence-corrected chi connectivity index (χ4v) is 1.84. The summed E-state index contributed by atoms with van der Waals surface area (Å²) in [7, 11) is 0. The van der Waals surface area contributed by atoms with Crippen LogP contribution in [0.4, 0.5) is 0 Å². The van der Waals surface area contributed by atoms with Crippen molar-refractivity contribution in [1.82, 2.24) is 0 Å². The van der Waals surface area contributed by atoms with E-state index in [4.69, 9.17) is 0 Å². The molecule has 0 heterocycles. The Bertz CT molecular complexity index is 156. The third-order valence-corrected chi connectivity index (χ3v) is 2.00. The summed E-state index contributed by atoms with van der Waals surface area (Å²) in [5.41, 5.74) is 1.63. The summed E-state index contributed by atoms with van der Waals surface area (Å²) in [5, 5.41) is 9.34. The number of rotatable bonds is 0. The predicted molar refractivity (Wildman–Crippen MR) is 42.8 cm³/mol. The summed E-state index contributed by atoms with van der Waals surface area (Å²) in [5.74, 6) is 0. The highest BCUT2D eigenvalue weighted by Gasteiger charge is 2.25. The van der Waals surface area contributed by atoms with E-state index in [1.54, 1.807) is 0 Å². The largest absolute Gasteiger partial charge is 0.389 e. The average molecular weight is 140 g/mol. The first-order chi connectivity index (χ1) is 4.49. The topological polar surface area (TPSA) is 20.2 Å². The van der Waals surface area contributed by atoms with E-state index in [0.29, 0.717) is 5.41 Å². The van der Waals surface area contributed by atoms with Crippen LogP contribution in [0.1, 0.15) is 33.6 Å². The van der Waals surface area contributed by atoms with Crippen LogP contribution in [-0.2, 0) is 0 Å². The Hall–Kier alpha value is -0.300. The van der Waals surface area contributed by atoms with Gasteiger partial charge in [0.15, 0.2) is 0 Å². The van der Waals surface area contributed by atoms with Crippen LogP contribution >= 0.6 is 0 Å².